The molecule has 4 N–H and O–H groups in total. The van der Waals surface area contributed by atoms with Crippen LogP contribution >= 0.6 is 0 Å². The van der Waals surface area contributed by atoms with E-state index in [9.17, 15) is 26.6 Å². The molecule has 0 radical (unpaired) electrons. The van der Waals surface area contributed by atoms with Gasteiger partial charge in [0.15, 0.2) is 0 Å². The van der Waals surface area contributed by atoms with Crippen molar-refractivity contribution in [3.05, 3.63) is 41.7 Å². The molecule has 1 aliphatic heterocycles. The quantitative estimate of drug-likeness (QED) is 0.334. The van der Waals surface area contributed by atoms with Gasteiger partial charge in [-0.2, -0.15) is 13.2 Å². The molecule has 34 heavy (non-hydrogen) atoms. The molecule has 2 aromatic heterocycles. The normalized spacial score (nSPS) is 20.9. The second kappa shape index (κ2) is 9.09. The van der Waals surface area contributed by atoms with Crippen molar-refractivity contribution >= 4 is 28.0 Å². The maximum atomic E-state index is 14.8. The molecule has 0 saturated heterocycles. The zero-order valence-electron chi connectivity index (χ0n) is 18.2. The molecule has 0 saturated carbocycles. The summed E-state index contributed by atoms with van der Waals surface area (Å²) in [6.45, 7) is -0.215. The number of pyridine rings is 1. The topological polar surface area (TPSA) is 148 Å². The van der Waals surface area contributed by atoms with Crippen LogP contribution in [0, 0.1) is 5.82 Å². The molecular formula is C18H22F4N8O3S. The summed E-state index contributed by atoms with van der Waals surface area (Å²) in [5.41, 5.74) is 3.67. The Balaban J connectivity index is 1.91. The Morgan fingerprint density at radius 3 is 2.62 bits per heavy atom. The molecule has 1 amide bonds. The highest BCUT2D eigenvalue weighted by Gasteiger charge is 2.44. The van der Waals surface area contributed by atoms with E-state index in [4.69, 9.17) is 10.5 Å². The van der Waals surface area contributed by atoms with E-state index >= 15 is 0 Å². The van der Waals surface area contributed by atoms with Crippen molar-refractivity contribution in [2.45, 2.75) is 18.6 Å². The van der Waals surface area contributed by atoms with E-state index in [1.54, 1.807) is 0 Å². The van der Waals surface area contributed by atoms with Crippen LogP contribution in [0.1, 0.15) is 23.1 Å². The first-order valence-electron chi connectivity index (χ1n) is 9.61. The number of guanidine groups is 1. The van der Waals surface area contributed by atoms with Crippen molar-refractivity contribution in [2.75, 3.05) is 31.8 Å². The molecule has 3 heterocycles. The molecule has 0 bridgehead atoms. The van der Waals surface area contributed by atoms with Crippen LogP contribution in [0.25, 0.3) is 0 Å². The van der Waals surface area contributed by atoms with E-state index in [0.717, 1.165) is 16.6 Å². The fourth-order valence-corrected chi connectivity index (χ4v) is 5.55. The first kappa shape index (κ1) is 25.2. The van der Waals surface area contributed by atoms with Crippen molar-refractivity contribution in [1.29, 1.82) is 0 Å². The smallest absolute Gasteiger partial charge is 0.402 e. The van der Waals surface area contributed by atoms with Crippen molar-refractivity contribution in [1.82, 2.24) is 24.0 Å². The lowest BCUT2D eigenvalue weighted by Crippen LogP contribution is -2.60. The first-order valence-corrected chi connectivity index (χ1v) is 11.5. The van der Waals surface area contributed by atoms with Crippen LogP contribution in [0.5, 0.6) is 5.88 Å². The number of ether oxygens (including phenoxy) is 1. The van der Waals surface area contributed by atoms with Crippen LogP contribution in [-0.2, 0) is 15.8 Å². The standard InChI is InChI=1S/C18H22F4N8O3S/c1-17(9-34(32,26-8-18(20,21)22)30(2)16(23)29-17)14-10(19)4-5-12(27-14)28-15(31)11-6-25-13(33-3)7-24-11/h4-7,34H,8-9H2,1-3H3,(H2,23,29)(H,26,32)(H,27,28,31)/t17-/m0/s1. The number of aliphatic imine (C=N–C) groups is 1. The minimum absolute atomic E-state index is 0.0814. The van der Waals surface area contributed by atoms with Gasteiger partial charge in [-0.05, 0) is 19.1 Å². The summed E-state index contributed by atoms with van der Waals surface area (Å²) in [5, 5.41) is 2.42. The molecular weight excluding hydrogens is 484 g/mol. The molecule has 0 unspecified atom stereocenters. The summed E-state index contributed by atoms with van der Waals surface area (Å²) < 4.78 is 74.1. The molecule has 1 aliphatic rings. The van der Waals surface area contributed by atoms with Crippen molar-refractivity contribution in [2.24, 2.45) is 10.7 Å². The van der Waals surface area contributed by atoms with Gasteiger partial charge in [-0.15, -0.1) is 0 Å². The number of rotatable bonds is 6. The number of nitrogens with zero attached hydrogens (tertiary/aromatic N) is 5. The number of amides is 1. The Morgan fingerprint density at radius 2 is 2.03 bits per heavy atom. The molecule has 1 atom stereocenters. The maximum absolute atomic E-state index is 14.8. The highest BCUT2D eigenvalue weighted by molar-refractivity contribution is 7.99. The Hall–Kier alpha value is -3.40. The van der Waals surface area contributed by atoms with Gasteiger partial charge in [0.05, 0.1) is 25.3 Å². The maximum Gasteiger partial charge on any atom is 0.402 e. The van der Waals surface area contributed by atoms with Crippen LogP contribution in [0.15, 0.2) is 29.5 Å². The van der Waals surface area contributed by atoms with Gasteiger partial charge in [0, 0.05) is 17.4 Å². The van der Waals surface area contributed by atoms with E-state index in [1.165, 1.54) is 33.3 Å². The Labute approximate surface area is 192 Å². The molecule has 2 aromatic rings. The van der Waals surface area contributed by atoms with Crippen LogP contribution in [0.2, 0.25) is 0 Å². The van der Waals surface area contributed by atoms with Crippen LogP contribution in [0.4, 0.5) is 23.4 Å². The highest BCUT2D eigenvalue weighted by Crippen LogP contribution is 2.35. The SMILES string of the molecule is COc1cnc(C(=O)Nc2ccc(F)c([C@]3(C)C[SH](=O)(NCC(F)(F)F)N(C)C(N)=N3)n2)cn1. The molecule has 3 rings (SSSR count). The number of nitrogens with one attached hydrogen (secondary N) is 2. The molecule has 16 heteroatoms. The van der Waals surface area contributed by atoms with Gasteiger partial charge in [-0.25, -0.2) is 29.1 Å². The van der Waals surface area contributed by atoms with Gasteiger partial charge in [-0.3, -0.25) is 13.3 Å². The third-order valence-corrected chi connectivity index (χ3v) is 7.76. The lowest BCUT2D eigenvalue weighted by molar-refractivity contribution is -0.121. The third-order valence-electron chi connectivity index (χ3n) is 4.89. The number of halogens is 4. The average molecular weight is 506 g/mol. The van der Waals surface area contributed by atoms with Gasteiger partial charge in [0.25, 0.3) is 5.91 Å². The van der Waals surface area contributed by atoms with E-state index < -0.39 is 46.0 Å². The molecule has 0 spiro atoms. The molecule has 0 fully saturated rings. The fraction of sp³-hybridized carbons (Fsp3) is 0.389. The molecule has 11 nitrogen and oxygen atoms in total. The number of alkyl halides is 3. The van der Waals surface area contributed by atoms with E-state index in [-0.39, 0.29) is 29.0 Å². The van der Waals surface area contributed by atoms with Crippen LogP contribution in [0.3, 0.4) is 0 Å². The highest BCUT2D eigenvalue weighted by atomic mass is 32.3. The summed E-state index contributed by atoms with van der Waals surface area (Å²) in [4.78, 5) is 28.4. The van der Waals surface area contributed by atoms with Crippen molar-refractivity contribution in [3.63, 3.8) is 0 Å². The lowest BCUT2D eigenvalue weighted by Gasteiger charge is -2.44. The van der Waals surface area contributed by atoms with Crippen molar-refractivity contribution < 1.29 is 31.3 Å². The second-order valence-electron chi connectivity index (χ2n) is 7.50. The van der Waals surface area contributed by atoms with Crippen molar-refractivity contribution in [3.8, 4) is 5.88 Å². The summed E-state index contributed by atoms with van der Waals surface area (Å²) >= 11 is 0. The first-order chi connectivity index (χ1) is 15.8. The lowest BCUT2D eigenvalue weighted by atomic mass is 10.00. The summed E-state index contributed by atoms with van der Waals surface area (Å²) in [6, 6.07) is 2.15. The summed E-state index contributed by atoms with van der Waals surface area (Å²) in [6.07, 6.45) is -2.26. The number of hydrogen-bond donors (Lipinski definition) is 4. The second-order valence-corrected chi connectivity index (χ2v) is 10.1. The Kier molecular flexibility index (Phi) is 6.75. The van der Waals surface area contributed by atoms with E-state index in [0.29, 0.717) is 0 Å². The average Bonchev–Trinajstić information content (AvgIpc) is 2.77. The number of carbonyl (C=O) groups is 1. The number of nitrogens with two attached hydrogens (primary N) is 1. The predicted molar refractivity (Wildman–Crippen MR) is 116 cm³/mol. The predicted octanol–water partition coefficient (Wildman–Crippen LogP) is 0.745. The monoisotopic (exact) mass is 506 g/mol. The number of thiol groups is 1. The zero-order chi connectivity index (χ0) is 25.3. The Bertz CT molecular complexity index is 1160. The Morgan fingerprint density at radius 1 is 1.32 bits per heavy atom. The van der Waals surface area contributed by atoms with E-state index in [2.05, 4.69) is 25.3 Å². The fourth-order valence-electron chi connectivity index (χ4n) is 3.16. The van der Waals surface area contributed by atoms with Gasteiger partial charge in [0.2, 0.25) is 11.8 Å². The summed E-state index contributed by atoms with van der Waals surface area (Å²) in [7, 11) is -1.38. The van der Waals surface area contributed by atoms with Gasteiger partial charge >= 0.3 is 6.18 Å². The molecule has 0 aliphatic carbocycles. The minimum atomic E-state index is -4.64. The number of anilines is 1. The molecule has 0 aromatic carbocycles. The number of carbonyl (C=O) groups excluding carboxylic acids is 1. The van der Waals surface area contributed by atoms with Crippen LogP contribution < -0.4 is 20.5 Å². The largest absolute Gasteiger partial charge is 0.480 e. The molecule has 186 valence electrons. The van der Waals surface area contributed by atoms with Gasteiger partial charge in [-0.1, -0.05) is 0 Å². The third kappa shape index (κ3) is 5.39. The van der Waals surface area contributed by atoms with Crippen LogP contribution in [-0.4, -0.2) is 68.0 Å². The van der Waals surface area contributed by atoms with Gasteiger partial charge < -0.3 is 15.8 Å². The summed E-state index contributed by atoms with van der Waals surface area (Å²) in [5.74, 6) is -2.42. The zero-order valence-corrected chi connectivity index (χ0v) is 19.1. The van der Waals surface area contributed by atoms with Gasteiger partial charge in [0.1, 0.15) is 35.1 Å². The number of hydrogen-bond acceptors (Lipinski definition) is 8. The number of aromatic nitrogens is 3. The number of methoxy groups -OCH3 is 1. The minimum Gasteiger partial charge on any atom is -0.480 e. The van der Waals surface area contributed by atoms with E-state index in [1.807, 2.05) is 4.72 Å².